The fourth-order valence-electron chi connectivity index (χ4n) is 2.25. The monoisotopic (exact) mass is 284 g/mol. The average Bonchev–Trinajstić information content (AvgIpc) is 2.59. The number of carbonyl (C=O) groups is 3. The summed E-state index contributed by atoms with van der Waals surface area (Å²) < 4.78 is 0. The number of hydrogen-bond acceptors (Lipinski definition) is 4. The van der Waals surface area contributed by atoms with Gasteiger partial charge in [0.05, 0.1) is 5.41 Å². The Hall–Kier alpha value is -1.63. The Morgan fingerprint density at radius 3 is 2.55 bits per heavy atom. The highest BCUT2D eigenvalue weighted by molar-refractivity contribution is 6.07. The molecule has 0 aromatic carbocycles. The third-order valence-corrected chi connectivity index (χ3v) is 3.67. The summed E-state index contributed by atoms with van der Waals surface area (Å²) >= 11 is 0. The maximum Gasteiger partial charge on any atom is 0.325 e. The van der Waals surface area contributed by atoms with E-state index < -0.39 is 22.9 Å². The van der Waals surface area contributed by atoms with Crippen LogP contribution in [0.25, 0.3) is 0 Å². The highest BCUT2D eigenvalue weighted by Gasteiger charge is 2.49. The second-order valence-corrected chi connectivity index (χ2v) is 6.11. The van der Waals surface area contributed by atoms with Crippen LogP contribution in [-0.2, 0) is 9.59 Å². The van der Waals surface area contributed by atoms with Gasteiger partial charge in [-0.2, -0.15) is 0 Å². The zero-order chi connectivity index (χ0) is 15.6. The molecule has 0 saturated carbocycles. The van der Waals surface area contributed by atoms with Crippen LogP contribution in [0, 0.1) is 5.41 Å². The van der Waals surface area contributed by atoms with E-state index in [9.17, 15) is 14.4 Å². The summed E-state index contributed by atoms with van der Waals surface area (Å²) in [5, 5.41) is 2.72. The maximum absolute atomic E-state index is 12.4. The van der Waals surface area contributed by atoms with Crippen molar-refractivity contribution in [2.75, 3.05) is 6.54 Å². The van der Waals surface area contributed by atoms with Gasteiger partial charge in [0.2, 0.25) is 5.91 Å². The molecular formula is C13H24N4O3. The molecule has 7 heteroatoms. The van der Waals surface area contributed by atoms with Crippen molar-refractivity contribution >= 4 is 17.8 Å². The van der Waals surface area contributed by atoms with Gasteiger partial charge < -0.3 is 5.32 Å². The third kappa shape index (κ3) is 3.09. The van der Waals surface area contributed by atoms with Crippen LogP contribution < -0.4 is 16.6 Å². The molecule has 0 aliphatic carbocycles. The minimum Gasteiger partial charge on any atom is -0.323 e. The number of unbranched alkanes of at least 4 members (excludes halogenated alkanes) is 1. The number of imide groups is 1. The molecule has 1 aliphatic rings. The van der Waals surface area contributed by atoms with Crippen molar-refractivity contribution in [1.82, 2.24) is 15.6 Å². The van der Waals surface area contributed by atoms with Crippen LogP contribution in [0.15, 0.2) is 0 Å². The van der Waals surface area contributed by atoms with E-state index in [0.717, 1.165) is 17.7 Å². The van der Waals surface area contributed by atoms with Gasteiger partial charge in [0.1, 0.15) is 5.54 Å². The SMILES string of the molecule is CCCCC1(C)NC(=O)N(CC(C)(C)C(=O)NN)C1=O. The van der Waals surface area contributed by atoms with Crippen LogP contribution >= 0.6 is 0 Å². The predicted molar refractivity (Wildman–Crippen MR) is 74.3 cm³/mol. The number of amides is 4. The molecule has 1 fully saturated rings. The van der Waals surface area contributed by atoms with Crippen molar-refractivity contribution in [1.29, 1.82) is 0 Å². The Bertz CT molecular complexity index is 422. The van der Waals surface area contributed by atoms with Crippen molar-refractivity contribution < 1.29 is 14.4 Å². The van der Waals surface area contributed by atoms with Crippen molar-refractivity contribution in [2.45, 2.75) is 52.5 Å². The fourth-order valence-corrected chi connectivity index (χ4v) is 2.25. The molecule has 0 aromatic rings. The Morgan fingerprint density at radius 2 is 2.05 bits per heavy atom. The molecule has 4 amide bonds. The van der Waals surface area contributed by atoms with Gasteiger partial charge in [-0.1, -0.05) is 19.8 Å². The summed E-state index contributed by atoms with van der Waals surface area (Å²) in [6.07, 6.45) is 2.39. The normalized spacial score (nSPS) is 22.9. The topological polar surface area (TPSA) is 105 Å². The third-order valence-electron chi connectivity index (χ3n) is 3.67. The van der Waals surface area contributed by atoms with Gasteiger partial charge in [0.25, 0.3) is 5.91 Å². The molecule has 0 spiro atoms. The fraction of sp³-hybridized carbons (Fsp3) is 0.769. The highest BCUT2D eigenvalue weighted by atomic mass is 16.2. The minimum atomic E-state index is -0.933. The number of urea groups is 1. The molecule has 0 bridgehead atoms. The van der Waals surface area contributed by atoms with Gasteiger partial charge >= 0.3 is 6.03 Å². The Kier molecular flexibility index (Phi) is 4.75. The van der Waals surface area contributed by atoms with Crippen LogP contribution in [0.1, 0.15) is 47.0 Å². The number of hydrogen-bond donors (Lipinski definition) is 3. The lowest BCUT2D eigenvalue weighted by atomic mass is 9.90. The Labute approximate surface area is 119 Å². The molecule has 1 unspecified atom stereocenters. The Balaban J connectivity index is 2.85. The van der Waals surface area contributed by atoms with Gasteiger partial charge in [-0.15, -0.1) is 0 Å². The van der Waals surface area contributed by atoms with Crippen molar-refractivity contribution in [3.05, 3.63) is 0 Å². The van der Waals surface area contributed by atoms with Crippen molar-refractivity contribution in [3.8, 4) is 0 Å². The largest absolute Gasteiger partial charge is 0.325 e. The van der Waals surface area contributed by atoms with Gasteiger partial charge in [-0.25, -0.2) is 10.6 Å². The average molecular weight is 284 g/mol. The molecule has 1 aliphatic heterocycles. The maximum atomic E-state index is 12.4. The summed E-state index contributed by atoms with van der Waals surface area (Å²) in [5.41, 5.74) is 0.250. The number of carbonyl (C=O) groups excluding carboxylic acids is 3. The van der Waals surface area contributed by atoms with E-state index in [1.807, 2.05) is 6.92 Å². The van der Waals surface area contributed by atoms with Gasteiger partial charge in [-0.3, -0.25) is 19.9 Å². The van der Waals surface area contributed by atoms with Crippen LogP contribution in [0.4, 0.5) is 4.79 Å². The van der Waals surface area contributed by atoms with E-state index in [1.54, 1.807) is 20.8 Å². The van der Waals surface area contributed by atoms with Gasteiger partial charge in [0, 0.05) is 6.54 Å². The Morgan fingerprint density at radius 1 is 1.45 bits per heavy atom. The van der Waals surface area contributed by atoms with Crippen LogP contribution in [0.5, 0.6) is 0 Å². The van der Waals surface area contributed by atoms with E-state index in [2.05, 4.69) is 10.7 Å². The van der Waals surface area contributed by atoms with Gasteiger partial charge in [0.15, 0.2) is 0 Å². The summed E-state index contributed by atoms with van der Waals surface area (Å²) in [6.45, 7) is 7.02. The minimum absolute atomic E-state index is 0.00240. The molecule has 1 saturated heterocycles. The van der Waals surface area contributed by atoms with E-state index in [1.165, 1.54) is 0 Å². The zero-order valence-corrected chi connectivity index (χ0v) is 12.6. The number of hydrazine groups is 1. The second-order valence-electron chi connectivity index (χ2n) is 6.11. The molecular weight excluding hydrogens is 260 g/mol. The predicted octanol–water partition coefficient (Wildman–Crippen LogP) is 0.503. The first-order valence-electron chi connectivity index (χ1n) is 6.83. The molecule has 7 nitrogen and oxygen atoms in total. The molecule has 1 heterocycles. The molecule has 0 aromatic heterocycles. The summed E-state index contributed by atoms with van der Waals surface area (Å²) in [6, 6.07) is -0.452. The molecule has 0 radical (unpaired) electrons. The molecule has 1 atom stereocenters. The summed E-state index contributed by atoms with van der Waals surface area (Å²) in [4.78, 5) is 37.2. The lowest BCUT2D eigenvalue weighted by Gasteiger charge is -2.27. The molecule has 4 N–H and O–H groups in total. The molecule has 1 rings (SSSR count). The van der Waals surface area contributed by atoms with E-state index in [-0.39, 0.29) is 12.5 Å². The standard InChI is InChI=1S/C13H24N4O3/c1-5-6-7-13(4)10(19)17(11(20)15-13)8-12(2,3)9(18)16-14/h5-8,14H2,1-4H3,(H,15,20)(H,16,18). The summed E-state index contributed by atoms with van der Waals surface area (Å²) in [5.74, 6) is 4.42. The molecule has 20 heavy (non-hydrogen) atoms. The van der Waals surface area contributed by atoms with Crippen LogP contribution in [-0.4, -0.2) is 34.8 Å². The van der Waals surface area contributed by atoms with Crippen LogP contribution in [0.3, 0.4) is 0 Å². The first-order chi connectivity index (χ1) is 9.18. The number of nitrogens with one attached hydrogen (secondary N) is 2. The van der Waals surface area contributed by atoms with Crippen molar-refractivity contribution in [3.63, 3.8) is 0 Å². The quantitative estimate of drug-likeness (QED) is 0.286. The zero-order valence-electron chi connectivity index (χ0n) is 12.6. The smallest absolute Gasteiger partial charge is 0.323 e. The first-order valence-corrected chi connectivity index (χ1v) is 6.83. The first kappa shape index (κ1) is 16.4. The van der Waals surface area contributed by atoms with Gasteiger partial charge in [-0.05, 0) is 27.2 Å². The number of nitrogens with zero attached hydrogens (tertiary/aromatic N) is 1. The number of rotatable bonds is 6. The summed E-state index contributed by atoms with van der Waals surface area (Å²) in [7, 11) is 0. The molecule has 114 valence electrons. The van der Waals surface area contributed by atoms with E-state index >= 15 is 0 Å². The second kappa shape index (κ2) is 5.78. The van der Waals surface area contributed by atoms with E-state index in [0.29, 0.717) is 6.42 Å². The lowest BCUT2D eigenvalue weighted by molar-refractivity contribution is -0.135. The van der Waals surface area contributed by atoms with Crippen LogP contribution in [0.2, 0.25) is 0 Å². The van der Waals surface area contributed by atoms with Crippen molar-refractivity contribution in [2.24, 2.45) is 11.3 Å². The highest BCUT2D eigenvalue weighted by Crippen LogP contribution is 2.27. The van der Waals surface area contributed by atoms with E-state index in [4.69, 9.17) is 5.84 Å². The lowest BCUT2D eigenvalue weighted by Crippen LogP contribution is -2.49. The number of nitrogens with two attached hydrogens (primary N) is 1.